The Labute approximate surface area is 159 Å². The molecule has 0 spiro atoms. The van der Waals surface area contributed by atoms with Crippen molar-refractivity contribution in [1.82, 2.24) is 4.98 Å². The lowest BCUT2D eigenvalue weighted by atomic mass is 9.86. The van der Waals surface area contributed by atoms with Gasteiger partial charge in [0.15, 0.2) is 5.69 Å². The normalized spacial score (nSPS) is 20.3. The Morgan fingerprint density at radius 2 is 1.89 bits per heavy atom. The number of esters is 1. The molecule has 0 unspecified atom stereocenters. The molecule has 1 aromatic heterocycles. The van der Waals surface area contributed by atoms with Crippen LogP contribution >= 0.6 is 11.3 Å². The van der Waals surface area contributed by atoms with Gasteiger partial charge in [-0.15, -0.1) is 11.3 Å². The number of nitrogens with one attached hydrogen (secondary N) is 1. The number of nitrogens with zero attached hydrogens (tertiary/aromatic N) is 1. The van der Waals surface area contributed by atoms with Crippen molar-refractivity contribution < 1.29 is 22.7 Å². The van der Waals surface area contributed by atoms with E-state index in [0.717, 1.165) is 42.8 Å². The molecular weight excluding hydrogens is 377 g/mol. The quantitative estimate of drug-likeness (QED) is 0.678. The van der Waals surface area contributed by atoms with Crippen LogP contribution in [-0.2, 0) is 10.9 Å². The Morgan fingerprint density at radius 3 is 2.48 bits per heavy atom. The fourth-order valence-corrected chi connectivity index (χ4v) is 4.21. The second-order valence-electron chi connectivity index (χ2n) is 6.56. The van der Waals surface area contributed by atoms with Crippen molar-refractivity contribution in [3.8, 4) is 0 Å². The van der Waals surface area contributed by atoms with E-state index in [1.165, 1.54) is 23.5 Å². The summed E-state index contributed by atoms with van der Waals surface area (Å²) in [5.41, 5.74) is 0.421. The average molecular weight is 398 g/mol. The van der Waals surface area contributed by atoms with Crippen molar-refractivity contribution in [2.45, 2.75) is 50.7 Å². The van der Waals surface area contributed by atoms with E-state index in [1.807, 2.05) is 0 Å². The summed E-state index contributed by atoms with van der Waals surface area (Å²) in [7, 11) is 0. The summed E-state index contributed by atoms with van der Waals surface area (Å²) < 4.78 is 42.8. The minimum atomic E-state index is -4.31. The van der Waals surface area contributed by atoms with Crippen LogP contribution in [0.4, 0.5) is 18.9 Å². The number of alkyl halides is 3. The molecule has 27 heavy (non-hydrogen) atoms. The summed E-state index contributed by atoms with van der Waals surface area (Å²) in [6, 6.07) is 5.37. The van der Waals surface area contributed by atoms with Crippen LogP contribution in [0.1, 0.15) is 59.6 Å². The Morgan fingerprint density at radius 1 is 1.22 bits per heavy atom. The third-order valence-electron chi connectivity index (χ3n) is 4.67. The van der Waals surface area contributed by atoms with Crippen LogP contribution in [0, 0.1) is 0 Å². The maximum atomic E-state index is 12.6. The largest absolute Gasteiger partial charge is 0.461 e. The molecule has 0 atom stereocenters. The predicted molar refractivity (Wildman–Crippen MR) is 98.1 cm³/mol. The second-order valence-corrected chi connectivity index (χ2v) is 7.45. The molecule has 146 valence electrons. The molecule has 1 aromatic carbocycles. The van der Waals surface area contributed by atoms with Gasteiger partial charge in [-0.05, 0) is 56.9 Å². The molecule has 1 N–H and O–H groups in total. The zero-order valence-corrected chi connectivity index (χ0v) is 15.7. The first-order valence-electron chi connectivity index (χ1n) is 8.93. The summed E-state index contributed by atoms with van der Waals surface area (Å²) in [4.78, 5) is 16.1. The van der Waals surface area contributed by atoms with Gasteiger partial charge >= 0.3 is 12.1 Å². The van der Waals surface area contributed by atoms with Gasteiger partial charge in [-0.1, -0.05) is 0 Å². The number of thiazole rings is 1. The van der Waals surface area contributed by atoms with Crippen LogP contribution in [0.15, 0.2) is 29.6 Å². The Bertz CT molecular complexity index is 766. The number of rotatable bonds is 5. The topological polar surface area (TPSA) is 51.2 Å². The van der Waals surface area contributed by atoms with E-state index in [9.17, 15) is 18.0 Å². The van der Waals surface area contributed by atoms with Gasteiger partial charge in [-0.3, -0.25) is 0 Å². The molecule has 0 aliphatic heterocycles. The summed E-state index contributed by atoms with van der Waals surface area (Å²) in [5, 5.41) is 6.00. The van der Waals surface area contributed by atoms with E-state index in [1.54, 1.807) is 12.3 Å². The van der Waals surface area contributed by atoms with E-state index in [-0.39, 0.29) is 6.04 Å². The van der Waals surface area contributed by atoms with Crippen LogP contribution < -0.4 is 5.32 Å². The molecule has 0 amide bonds. The number of hydrogen-bond acceptors (Lipinski definition) is 5. The van der Waals surface area contributed by atoms with Crippen molar-refractivity contribution in [2.75, 3.05) is 11.9 Å². The minimum absolute atomic E-state index is 0.225. The first-order chi connectivity index (χ1) is 12.9. The van der Waals surface area contributed by atoms with Crippen LogP contribution in [0.25, 0.3) is 0 Å². The van der Waals surface area contributed by atoms with Gasteiger partial charge in [-0.2, -0.15) is 13.2 Å². The van der Waals surface area contributed by atoms with E-state index in [2.05, 4.69) is 10.3 Å². The SMILES string of the molecule is CCOC(=O)c1csc(C2CCC(Nc3ccc(C(F)(F)F)cc3)CC2)n1. The van der Waals surface area contributed by atoms with Crippen molar-refractivity contribution in [2.24, 2.45) is 0 Å². The number of hydrogen-bond donors (Lipinski definition) is 1. The molecule has 3 rings (SSSR count). The number of aromatic nitrogens is 1. The Balaban J connectivity index is 1.52. The van der Waals surface area contributed by atoms with Crippen LogP contribution in [0.2, 0.25) is 0 Å². The molecule has 4 nitrogen and oxygen atoms in total. The zero-order chi connectivity index (χ0) is 19.4. The first-order valence-corrected chi connectivity index (χ1v) is 9.81. The third-order valence-corrected chi connectivity index (χ3v) is 5.67. The predicted octanol–water partition coefficient (Wildman–Crippen LogP) is 5.48. The van der Waals surface area contributed by atoms with E-state index < -0.39 is 17.7 Å². The van der Waals surface area contributed by atoms with Gasteiger partial charge < -0.3 is 10.1 Å². The molecule has 1 heterocycles. The van der Waals surface area contributed by atoms with Crippen LogP contribution in [0.5, 0.6) is 0 Å². The maximum absolute atomic E-state index is 12.6. The molecule has 1 saturated carbocycles. The van der Waals surface area contributed by atoms with Crippen molar-refractivity contribution >= 4 is 23.0 Å². The molecule has 0 bridgehead atoms. The molecule has 1 aliphatic rings. The van der Waals surface area contributed by atoms with Gasteiger partial charge in [0.2, 0.25) is 0 Å². The zero-order valence-electron chi connectivity index (χ0n) is 14.9. The van der Waals surface area contributed by atoms with Crippen molar-refractivity contribution in [1.29, 1.82) is 0 Å². The van der Waals surface area contributed by atoms with Crippen molar-refractivity contribution in [3.63, 3.8) is 0 Å². The number of benzene rings is 1. The number of anilines is 1. The lowest BCUT2D eigenvalue weighted by molar-refractivity contribution is -0.137. The van der Waals surface area contributed by atoms with E-state index in [4.69, 9.17) is 4.74 Å². The third kappa shape index (κ3) is 5.00. The van der Waals surface area contributed by atoms with E-state index in [0.29, 0.717) is 23.9 Å². The van der Waals surface area contributed by atoms with Gasteiger partial charge in [0, 0.05) is 23.0 Å². The molecule has 8 heteroatoms. The van der Waals surface area contributed by atoms with Crippen molar-refractivity contribution in [3.05, 3.63) is 45.9 Å². The number of ether oxygens (including phenoxy) is 1. The number of carbonyl (C=O) groups excluding carboxylic acids is 1. The fraction of sp³-hybridized carbons (Fsp3) is 0.474. The van der Waals surface area contributed by atoms with Crippen LogP contribution in [-0.4, -0.2) is 23.6 Å². The van der Waals surface area contributed by atoms with E-state index >= 15 is 0 Å². The molecule has 0 saturated heterocycles. The fourth-order valence-electron chi connectivity index (χ4n) is 3.25. The highest BCUT2D eigenvalue weighted by Gasteiger charge is 2.30. The molecule has 0 radical (unpaired) electrons. The Hall–Kier alpha value is -2.09. The standard InChI is InChI=1S/C19H21F3N2O2S/c1-2-26-18(25)16-11-27-17(24-16)12-3-7-14(8-4-12)23-15-9-5-13(6-10-15)19(20,21)22/h5-6,9-12,14,23H,2-4,7-8H2,1H3. The first kappa shape index (κ1) is 19.7. The highest BCUT2D eigenvalue weighted by atomic mass is 32.1. The highest BCUT2D eigenvalue weighted by Crippen LogP contribution is 2.36. The Kier molecular flexibility index (Phi) is 6.04. The lowest BCUT2D eigenvalue weighted by Crippen LogP contribution is -2.25. The maximum Gasteiger partial charge on any atom is 0.416 e. The molecule has 2 aromatic rings. The monoisotopic (exact) mass is 398 g/mol. The summed E-state index contributed by atoms with van der Waals surface area (Å²) in [5.74, 6) is -0.0820. The summed E-state index contributed by atoms with van der Waals surface area (Å²) in [6.45, 7) is 2.09. The minimum Gasteiger partial charge on any atom is -0.461 e. The second kappa shape index (κ2) is 8.29. The summed E-state index contributed by atoms with van der Waals surface area (Å²) >= 11 is 1.48. The highest BCUT2D eigenvalue weighted by molar-refractivity contribution is 7.09. The average Bonchev–Trinajstić information content (AvgIpc) is 3.12. The molecule has 1 aliphatic carbocycles. The number of carbonyl (C=O) groups is 1. The summed E-state index contributed by atoms with van der Waals surface area (Å²) in [6.07, 6.45) is -0.658. The van der Waals surface area contributed by atoms with Crippen LogP contribution in [0.3, 0.4) is 0 Å². The smallest absolute Gasteiger partial charge is 0.416 e. The van der Waals surface area contributed by atoms with Gasteiger partial charge in [0.1, 0.15) is 0 Å². The molecule has 1 fully saturated rings. The van der Waals surface area contributed by atoms with Gasteiger partial charge in [-0.25, -0.2) is 9.78 Å². The van der Waals surface area contributed by atoms with Gasteiger partial charge in [0.05, 0.1) is 17.2 Å². The molecular formula is C19H21F3N2O2S. The van der Waals surface area contributed by atoms with Gasteiger partial charge in [0.25, 0.3) is 0 Å². The lowest BCUT2D eigenvalue weighted by Gasteiger charge is -2.28. The number of halogens is 3.